The molecule has 3 rings (SSSR count). The molecule has 0 saturated carbocycles. The van der Waals surface area contributed by atoms with E-state index in [4.69, 9.17) is 5.73 Å². The van der Waals surface area contributed by atoms with Crippen molar-refractivity contribution in [2.75, 3.05) is 0 Å². The molecule has 0 radical (unpaired) electrons. The van der Waals surface area contributed by atoms with Crippen LogP contribution in [0.5, 0.6) is 0 Å². The number of hydrogen-bond donors (Lipinski definition) is 1. The van der Waals surface area contributed by atoms with E-state index in [1.54, 1.807) is 6.20 Å². The van der Waals surface area contributed by atoms with Crippen LogP contribution >= 0.6 is 0 Å². The van der Waals surface area contributed by atoms with Crippen LogP contribution in [0.25, 0.3) is 11.2 Å². The van der Waals surface area contributed by atoms with E-state index in [0.717, 1.165) is 23.5 Å². The van der Waals surface area contributed by atoms with E-state index in [1.165, 1.54) is 5.56 Å². The maximum atomic E-state index is 5.76. The predicted octanol–water partition coefficient (Wildman–Crippen LogP) is 1.94. The lowest BCUT2D eigenvalue weighted by atomic mass is 10.2. The molecule has 0 aliphatic carbocycles. The molecule has 2 heterocycles. The van der Waals surface area contributed by atoms with Crippen LogP contribution in [-0.4, -0.2) is 14.5 Å². The Bertz CT molecular complexity index is 658. The topological polar surface area (TPSA) is 56.7 Å². The number of hydrogen-bond acceptors (Lipinski definition) is 3. The first-order chi connectivity index (χ1) is 8.88. The van der Waals surface area contributed by atoms with Crippen molar-refractivity contribution in [2.45, 2.75) is 13.1 Å². The number of aromatic nitrogens is 3. The minimum Gasteiger partial charge on any atom is -0.324 e. The fourth-order valence-electron chi connectivity index (χ4n) is 2.11. The first-order valence-electron chi connectivity index (χ1n) is 5.92. The standard InChI is InChI=1S/C14H14N4/c15-9-13-17-14-12(7-4-8-16-14)18(13)10-11-5-2-1-3-6-11/h1-8H,9-10,15H2. The molecule has 1 aromatic carbocycles. The highest BCUT2D eigenvalue weighted by atomic mass is 15.1. The quantitative estimate of drug-likeness (QED) is 0.758. The van der Waals surface area contributed by atoms with Gasteiger partial charge in [0, 0.05) is 12.7 Å². The molecule has 0 spiro atoms. The van der Waals surface area contributed by atoms with Crippen LogP contribution in [0.3, 0.4) is 0 Å². The molecule has 0 amide bonds. The summed E-state index contributed by atoms with van der Waals surface area (Å²) in [5.41, 5.74) is 8.78. The van der Waals surface area contributed by atoms with Crippen molar-refractivity contribution in [1.29, 1.82) is 0 Å². The van der Waals surface area contributed by atoms with Crippen molar-refractivity contribution in [1.82, 2.24) is 14.5 Å². The van der Waals surface area contributed by atoms with E-state index < -0.39 is 0 Å². The van der Waals surface area contributed by atoms with Gasteiger partial charge in [-0.05, 0) is 17.7 Å². The van der Waals surface area contributed by atoms with Gasteiger partial charge in [0.25, 0.3) is 0 Å². The normalized spacial score (nSPS) is 10.9. The van der Waals surface area contributed by atoms with Crippen molar-refractivity contribution in [3.05, 3.63) is 60.0 Å². The highest BCUT2D eigenvalue weighted by Gasteiger charge is 2.09. The minimum atomic E-state index is 0.420. The molecule has 18 heavy (non-hydrogen) atoms. The molecule has 0 unspecified atom stereocenters. The Morgan fingerprint density at radius 1 is 1.06 bits per heavy atom. The van der Waals surface area contributed by atoms with E-state index in [2.05, 4.69) is 26.7 Å². The molecular weight excluding hydrogens is 224 g/mol. The van der Waals surface area contributed by atoms with Crippen molar-refractivity contribution in [2.24, 2.45) is 5.73 Å². The molecule has 4 heteroatoms. The van der Waals surface area contributed by atoms with E-state index in [1.807, 2.05) is 30.3 Å². The summed E-state index contributed by atoms with van der Waals surface area (Å²) in [6.07, 6.45) is 1.75. The molecule has 0 atom stereocenters. The number of imidazole rings is 1. The lowest BCUT2D eigenvalue weighted by Crippen LogP contribution is -2.09. The molecule has 2 aromatic heterocycles. The Balaban J connectivity index is 2.10. The summed E-state index contributed by atoms with van der Waals surface area (Å²) in [7, 11) is 0. The highest BCUT2D eigenvalue weighted by Crippen LogP contribution is 2.15. The van der Waals surface area contributed by atoms with Crippen LogP contribution in [0.4, 0.5) is 0 Å². The van der Waals surface area contributed by atoms with Crippen LogP contribution < -0.4 is 5.73 Å². The molecule has 0 bridgehead atoms. The van der Waals surface area contributed by atoms with Gasteiger partial charge in [-0.25, -0.2) is 9.97 Å². The molecule has 0 saturated heterocycles. The molecular formula is C14H14N4. The van der Waals surface area contributed by atoms with Crippen LogP contribution in [-0.2, 0) is 13.1 Å². The Morgan fingerprint density at radius 2 is 1.89 bits per heavy atom. The lowest BCUT2D eigenvalue weighted by Gasteiger charge is -2.07. The molecule has 0 fully saturated rings. The van der Waals surface area contributed by atoms with Gasteiger partial charge < -0.3 is 10.3 Å². The minimum absolute atomic E-state index is 0.420. The number of pyridine rings is 1. The fraction of sp³-hybridized carbons (Fsp3) is 0.143. The smallest absolute Gasteiger partial charge is 0.177 e. The first-order valence-corrected chi connectivity index (χ1v) is 5.92. The Hall–Kier alpha value is -2.20. The SMILES string of the molecule is NCc1nc2ncccc2n1Cc1ccccc1. The zero-order valence-electron chi connectivity index (χ0n) is 9.95. The summed E-state index contributed by atoms with van der Waals surface area (Å²) in [5, 5.41) is 0. The van der Waals surface area contributed by atoms with Crippen molar-refractivity contribution in [3.8, 4) is 0 Å². The molecule has 4 nitrogen and oxygen atoms in total. The summed E-state index contributed by atoms with van der Waals surface area (Å²) in [6, 6.07) is 14.2. The van der Waals surface area contributed by atoms with Gasteiger partial charge >= 0.3 is 0 Å². The summed E-state index contributed by atoms with van der Waals surface area (Å²) in [5.74, 6) is 0.868. The van der Waals surface area contributed by atoms with E-state index in [0.29, 0.717) is 6.54 Å². The molecule has 90 valence electrons. The summed E-state index contributed by atoms with van der Waals surface area (Å²) in [4.78, 5) is 8.72. The average molecular weight is 238 g/mol. The van der Waals surface area contributed by atoms with E-state index in [-0.39, 0.29) is 0 Å². The first kappa shape index (κ1) is 10.9. The highest BCUT2D eigenvalue weighted by molar-refractivity contribution is 5.71. The van der Waals surface area contributed by atoms with Crippen molar-refractivity contribution in [3.63, 3.8) is 0 Å². The monoisotopic (exact) mass is 238 g/mol. The van der Waals surface area contributed by atoms with Gasteiger partial charge in [0.15, 0.2) is 5.65 Å². The van der Waals surface area contributed by atoms with Gasteiger partial charge in [-0.2, -0.15) is 0 Å². The zero-order chi connectivity index (χ0) is 12.4. The summed E-state index contributed by atoms with van der Waals surface area (Å²) in [6.45, 7) is 1.19. The number of rotatable bonds is 3. The molecule has 3 aromatic rings. The largest absolute Gasteiger partial charge is 0.324 e. The van der Waals surface area contributed by atoms with Crippen LogP contribution in [0.2, 0.25) is 0 Å². The molecule has 0 aliphatic heterocycles. The number of nitrogens with two attached hydrogens (primary N) is 1. The Morgan fingerprint density at radius 3 is 2.67 bits per heavy atom. The maximum absolute atomic E-state index is 5.76. The van der Waals surface area contributed by atoms with Crippen molar-refractivity contribution < 1.29 is 0 Å². The van der Waals surface area contributed by atoms with Gasteiger partial charge in [-0.1, -0.05) is 30.3 Å². The third-order valence-electron chi connectivity index (χ3n) is 2.97. The number of nitrogens with zero attached hydrogens (tertiary/aromatic N) is 3. The van der Waals surface area contributed by atoms with E-state index >= 15 is 0 Å². The van der Waals surface area contributed by atoms with Crippen LogP contribution in [0, 0.1) is 0 Å². The summed E-state index contributed by atoms with van der Waals surface area (Å²) < 4.78 is 2.12. The van der Waals surface area contributed by atoms with E-state index in [9.17, 15) is 0 Å². The van der Waals surface area contributed by atoms with Gasteiger partial charge in [-0.15, -0.1) is 0 Å². The van der Waals surface area contributed by atoms with Gasteiger partial charge in [0.2, 0.25) is 0 Å². The Labute approximate surface area is 105 Å². The molecule has 2 N–H and O–H groups in total. The maximum Gasteiger partial charge on any atom is 0.177 e. The number of benzene rings is 1. The van der Waals surface area contributed by atoms with Gasteiger partial charge in [0.1, 0.15) is 5.82 Å². The summed E-state index contributed by atoms with van der Waals surface area (Å²) >= 11 is 0. The predicted molar refractivity (Wildman–Crippen MR) is 71.0 cm³/mol. The fourth-order valence-corrected chi connectivity index (χ4v) is 2.11. The van der Waals surface area contributed by atoms with Crippen LogP contribution in [0.15, 0.2) is 48.7 Å². The average Bonchev–Trinajstić information content (AvgIpc) is 2.78. The second kappa shape index (κ2) is 4.58. The lowest BCUT2D eigenvalue weighted by molar-refractivity contribution is 0.744. The molecule has 0 aliphatic rings. The third-order valence-corrected chi connectivity index (χ3v) is 2.97. The van der Waals surface area contributed by atoms with Crippen LogP contribution in [0.1, 0.15) is 11.4 Å². The van der Waals surface area contributed by atoms with Crippen molar-refractivity contribution >= 4 is 11.2 Å². The zero-order valence-corrected chi connectivity index (χ0v) is 9.95. The number of fused-ring (bicyclic) bond motifs is 1. The Kier molecular flexibility index (Phi) is 2.78. The second-order valence-corrected chi connectivity index (χ2v) is 4.15. The third kappa shape index (κ3) is 1.87. The van der Waals surface area contributed by atoms with Gasteiger partial charge in [-0.3, -0.25) is 0 Å². The van der Waals surface area contributed by atoms with Gasteiger partial charge in [0.05, 0.1) is 12.1 Å². The second-order valence-electron chi connectivity index (χ2n) is 4.15.